The number of halogens is 8. The molecule has 0 spiro atoms. The van der Waals surface area contributed by atoms with Gasteiger partial charge < -0.3 is 56.3 Å². The van der Waals surface area contributed by atoms with Crippen molar-refractivity contribution in [2.75, 3.05) is 51.0 Å². The topological polar surface area (TPSA) is 254 Å². The van der Waals surface area contributed by atoms with Crippen LogP contribution in [0.4, 0.5) is 45.1 Å². The molecular weight excluding hydrogens is 1380 g/mol. The van der Waals surface area contributed by atoms with Crippen LogP contribution in [0.1, 0.15) is 41.5 Å². The fourth-order valence-electron chi connectivity index (χ4n) is 7.42. The summed E-state index contributed by atoms with van der Waals surface area (Å²) in [5, 5.41) is 11.0. The number of nitrogen functional groups attached to an aromatic ring is 3. The van der Waals surface area contributed by atoms with Crippen LogP contribution in [-0.2, 0) is 4.74 Å². The number of carboxylic acids is 1. The maximum absolute atomic E-state index is 14.5. The second-order valence-electron chi connectivity index (χ2n) is 18.8. The number of nitrogens with one attached hydrogen (secondary N) is 2. The maximum Gasteiger partial charge on any atom is 0.420 e. The Morgan fingerprint density at radius 1 is 0.535 bits per heavy atom. The summed E-state index contributed by atoms with van der Waals surface area (Å²) in [5.41, 5.74) is 20.7. The molecule has 0 saturated heterocycles. The van der Waals surface area contributed by atoms with E-state index >= 15 is 0 Å². The standard InChI is InChI=1S/C19H18BrFN2O3.C14H12BrFN2O2.C14H10BrFN2O.C7H4BrFO2.C7H10N2O/c1-19(2,3)26-18(24)23-16-8-6-12(25-4)10-15(16)22-17(23)13-9-11(20)5-7-14(13)21;1-20-9-3-5-12(17)13(7-9)18-14(19)10-6-8(15)2-4-11(10)16;1-19-9-3-5-12-13(7-9)18-14(17-12)10-6-8(15)2-4-11(10)16;8-4-1-2-6(9)5(3-4)7(10)11;1-10-5-2-3-6(8)7(9)4-5/h5-10H,1-4H3;2-7H,17H2,1H3,(H,18,19);2-7H,1H3,(H,17,18);1-3H,(H,10,11);2-4H,8-9H2,1H3. The van der Waals surface area contributed by atoms with Crippen molar-refractivity contribution in [3.63, 3.8) is 0 Å². The first-order valence-corrected chi connectivity index (χ1v) is 28.2. The SMILES string of the molecule is COc1ccc(N)c(N)c1.COc1ccc(N)c(NC(=O)c2cc(Br)ccc2F)c1.COc1ccc2c(c1)nc(-c1cc(Br)ccc1F)n2C(=O)OC(C)(C)C.COc1ccc2nc(-c3cc(Br)ccc3F)[nH]c2c1.O=C(O)c1cc(Br)ccc1F. The number of hydrogen-bond donors (Lipinski definition) is 6. The highest BCUT2D eigenvalue weighted by molar-refractivity contribution is 9.11. The molecule has 10 aromatic rings. The Hall–Kier alpha value is -8.65. The van der Waals surface area contributed by atoms with Gasteiger partial charge in [-0.2, -0.15) is 0 Å². The van der Waals surface area contributed by atoms with E-state index < -0.39 is 41.0 Å². The highest BCUT2D eigenvalue weighted by Gasteiger charge is 2.26. The van der Waals surface area contributed by atoms with Crippen LogP contribution in [0.3, 0.4) is 0 Å². The van der Waals surface area contributed by atoms with E-state index in [4.69, 9.17) is 46.0 Å². The van der Waals surface area contributed by atoms with Gasteiger partial charge in [-0.15, -0.1) is 0 Å². The molecule has 0 atom stereocenters. The largest absolute Gasteiger partial charge is 0.497 e. The number of aromatic nitrogens is 4. The second kappa shape index (κ2) is 29.9. The quantitative estimate of drug-likeness (QED) is 0.0581. The van der Waals surface area contributed by atoms with Crippen molar-refractivity contribution in [2.45, 2.75) is 26.4 Å². The van der Waals surface area contributed by atoms with Crippen LogP contribution in [-0.4, -0.2) is 76.6 Å². The molecule has 10 rings (SSSR count). The summed E-state index contributed by atoms with van der Waals surface area (Å²) in [6.07, 6.45) is -0.625. The molecule has 0 fully saturated rings. The summed E-state index contributed by atoms with van der Waals surface area (Å²) >= 11 is 12.9. The van der Waals surface area contributed by atoms with Crippen LogP contribution in [0.25, 0.3) is 44.8 Å². The summed E-state index contributed by atoms with van der Waals surface area (Å²) in [6.45, 7) is 5.31. The number of aromatic amines is 1. The van der Waals surface area contributed by atoms with Gasteiger partial charge in [-0.1, -0.05) is 63.7 Å². The number of hydrogen-bond acceptors (Lipinski definition) is 13. The van der Waals surface area contributed by atoms with E-state index in [2.05, 4.69) is 84.0 Å². The third kappa shape index (κ3) is 17.9. The van der Waals surface area contributed by atoms with Crippen molar-refractivity contribution in [3.05, 3.63) is 198 Å². The molecule has 0 bridgehead atoms. The van der Waals surface area contributed by atoms with Crippen LogP contribution in [0, 0.1) is 23.3 Å². The highest BCUT2D eigenvalue weighted by atomic mass is 79.9. The molecule has 8 aromatic carbocycles. The van der Waals surface area contributed by atoms with Gasteiger partial charge in [0.25, 0.3) is 5.91 Å². The Labute approximate surface area is 524 Å². The van der Waals surface area contributed by atoms with Crippen LogP contribution in [0.15, 0.2) is 163 Å². The van der Waals surface area contributed by atoms with Gasteiger partial charge in [-0.25, -0.2) is 41.7 Å². The fraction of sp³-hybridized carbons (Fsp3) is 0.131. The minimum Gasteiger partial charge on any atom is -0.497 e. The van der Waals surface area contributed by atoms with E-state index in [1.165, 1.54) is 54.1 Å². The number of H-pyrrole nitrogens is 1. The number of fused-ring (bicyclic) bond motifs is 2. The number of benzene rings is 8. The van der Waals surface area contributed by atoms with Crippen molar-refractivity contribution in [1.29, 1.82) is 0 Å². The van der Waals surface area contributed by atoms with Gasteiger partial charge in [-0.3, -0.25) is 4.79 Å². The fourth-order valence-corrected chi connectivity index (χ4v) is 8.87. The Kier molecular flexibility index (Phi) is 23.1. The molecule has 448 valence electrons. The van der Waals surface area contributed by atoms with E-state index in [1.54, 1.807) is 121 Å². The summed E-state index contributed by atoms with van der Waals surface area (Å²) in [6, 6.07) is 37.8. The number of amides is 1. The van der Waals surface area contributed by atoms with Gasteiger partial charge in [0.2, 0.25) is 0 Å². The lowest BCUT2D eigenvalue weighted by Gasteiger charge is -2.20. The molecule has 0 aliphatic carbocycles. The first-order valence-electron chi connectivity index (χ1n) is 25.0. The van der Waals surface area contributed by atoms with Crippen LogP contribution < -0.4 is 41.5 Å². The van der Waals surface area contributed by atoms with Crippen molar-refractivity contribution < 1.29 is 60.7 Å². The number of ether oxygens (including phenoxy) is 5. The lowest BCUT2D eigenvalue weighted by Crippen LogP contribution is -2.27. The van der Waals surface area contributed by atoms with E-state index in [9.17, 15) is 31.9 Å². The lowest BCUT2D eigenvalue weighted by molar-refractivity contribution is 0.0545. The van der Waals surface area contributed by atoms with Crippen LogP contribution >= 0.6 is 63.7 Å². The maximum atomic E-state index is 14.5. The number of anilines is 4. The first-order chi connectivity index (χ1) is 40.7. The number of rotatable bonds is 9. The Morgan fingerprint density at radius 3 is 1.57 bits per heavy atom. The number of nitrogens with zero attached hydrogens (tertiary/aromatic N) is 3. The lowest BCUT2D eigenvalue weighted by atomic mass is 10.2. The summed E-state index contributed by atoms with van der Waals surface area (Å²) in [7, 11) is 6.24. The van der Waals surface area contributed by atoms with E-state index in [0.29, 0.717) is 70.1 Å². The van der Waals surface area contributed by atoms with E-state index in [-0.39, 0.29) is 28.3 Å². The van der Waals surface area contributed by atoms with Gasteiger partial charge in [0, 0.05) is 42.2 Å². The number of imidazole rings is 2. The zero-order valence-electron chi connectivity index (χ0n) is 46.7. The zero-order chi connectivity index (χ0) is 63.2. The molecule has 9 N–H and O–H groups in total. The minimum atomic E-state index is -1.26. The number of carboxylic acid groups (broad SMARTS) is 1. The molecule has 0 aliphatic heterocycles. The average Bonchev–Trinajstić information content (AvgIpc) is 3.03. The summed E-state index contributed by atoms with van der Waals surface area (Å²) in [5.74, 6) is -0.695. The van der Waals surface area contributed by atoms with Crippen LogP contribution in [0.2, 0.25) is 0 Å². The molecule has 2 aromatic heterocycles. The average molecular weight is 1440 g/mol. The summed E-state index contributed by atoms with van der Waals surface area (Å²) in [4.78, 5) is 47.2. The normalized spacial score (nSPS) is 10.6. The van der Waals surface area contributed by atoms with Gasteiger partial charge in [-0.05, 0) is 142 Å². The molecule has 25 heteroatoms. The molecule has 0 unspecified atom stereocenters. The second-order valence-corrected chi connectivity index (χ2v) is 22.4. The third-order valence-electron chi connectivity index (χ3n) is 11.6. The monoisotopic (exact) mass is 1430 g/mol. The molecule has 0 radical (unpaired) electrons. The van der Waals surface area contributed by atoms with Crippen molar-refractivity contribution >= 4 is 127 Å². The smallest absolute Gasteiger partial charge is 0.420 e. The number of carbonyl (C=O) groups excluding carboxylic acids is 2. The highest BCUT2D eigenvalue weighted by Crippen LogP contribution is 2.33. The van der Waals surface area contributed by atoms with Gasteiger partial charge in [0.05, 0.1) is 95.5 Å². The number of aromatic carboxylic acids is 1. The number of carbonyl (C=O) groups is 3. The predicted molar refractivity (Wildman–Crippen MR) is 339 cm³/mol. The summed E-state index contributed by atoms with van der Waals surface area (Å²) < 4.78 is 84.3. The Bertz CT molecular complexity index is 4090. The molecular formula is C61H54Br4F4N8O9. The van der Waals surface area contributed by atoms with Crippen LogP contribution in [0.5, 0.6) is 23.0 Å². The zero-order valence-corrected chi connectivity index (χ0v) is 53.0. The Balaban J connectivity index is 0.000000179. The molecule has 1 amide bonds. The van der Waals surface area contributed by atoms with Gasteiger partial charge >= 0.3 is 12.1 Å². The molecule has 0 saturated carbocycles. The van der Waals surface area contributed by atoms with Crippen molar-refractivity contribution in [1.82, 2.24) is 19.5 Å². The molecule has 86 heavy (non-hydrogen) atoms. The molecule has 2 heterocycles. The Morgan fingerprint density at radius 2 is 1.01 bits per heavy atom. The van der Waals surface area contributed by atoms with E-state index in [0.717, 1.165) is 33.1 Å². The third-order valence-corrected chi connectivity index (χ3v) is 13.6. The molecule has 17 nitrogen and oxygen atoms in total. The van der Waals surface area contributed by atoms with Gasteiger partial charge in [0.15, 0.2) is 5.82 Å². The van der Waals surface area contributed by atoms with Crippen molar-refractivity contribution in [2.24, 2.45) is 0 Å². The minimum absolute atomic E-state index is 0.0680. The van der Waals surface area contributed by atoms with Crippen molar-refractivity contribution in [3.8, 4) is 45.8 Å². The van der Waals surface area contributed by atoms with Gasteiger partial charge in [0.1, 0.15) is 57.7 Å². The first kappa shape index (κ1) is 66.5. The number of nitrogens with two attached hydrogens (primary N) is 3. The number of methoxy groups -OCH3 is 4. The van der Waals surface area contributed by atoms with E-state index in [1.807, 2.05) is 18.2 Å². The predicted octanol–water partition coefficient (Wildman–Crippen LogP) is 16.1. The molecule has 0 aliphatic rings.